The highest BCUT2D eigenvalue weighted by molar-refractivity contribution is 6.36. The summed E-state index contributed by atoms with van der Waals surface area (Å²) in [6.45, 7) is 2.95. The third-order valence-corrected chi connectivity index (χ3v) is 6.58. The Morgan fingerprint density at radius 3 is 2.39 bits per heavy atom. The van der Waals surface area contributed by atoms with Crippen molar-refractivity contribution in [3.63, 3.8) is 0 Å². The van der Waals surface area contributed by atoms with Gasteiger partial charge in [0.2, 0.25) is 0 Å². The van der Waals surface area contributed by atoms with Crippen LogP contribution in [-0.2, 0) is 13.1 Å². The Bertz CT molecular complexity index is 1560. The molecule has 0 aliphatic rings. The summed E-state index contributed by atoms with van der Waals surface area (Å²) < 4.78 is 1.68. The van der Waals surface area contributed by atoms with E-state index in [1.54, 1.807) is 10.7 Å². The Morgan fingerprint density at radius 2 is 1.66 bits per heavy atom. The van der Waals surface area contributed by atoms with Gasteiger partial charge in [-0.25, -0.2) is 9.78 Å². The Labute approximate surface area is 227 Å². The maximum absolute atomic E-state index is 12.3. The first kappa shape index (κ1) is 25.4. The Balaban J connectivity index is 1.22. The van der Waals surface area contributed by atoms with Crippen LogP contribution in [0.1, 0.15) is 29.7 Å². The topological polar surface area (TPSA) is 83.3 Å². The molecule has 0 saturated carbocycles. The molecule has 0 aliphatic heterocycles. The molecule has 2 heterocycles. The summed E-state index contributed by atoms with van der Waals surface area (Å²) in [5.74, 6) is 0.747. The Kier molecular flexibility index (Phi) is 7.61. The number of aromatic nitrogens is 3. The number of rotatable bonds is 8. The molecule has 2 aromatic heterocycles. The van der Waals surface area contributed by atoms with Gasteiger partial charge in [0.15, 0.2) is 5.65 Å². The van der Waals surface area contributed by atoms with Gasteiger partial charge in [0.05, 0.1) is 11.7 Å². The highest BCUT2D eigenvalue weighted by atomic mass is 35.5. The van der Waals surface area contributed by atoms with E-state index in [0.29, 0.717) is 34.9 Å². The van der Waals surface area contributed by atoms with Gasteiger partial charge in [-0.15, -0.1) is 0 Å². The number of halogens is 1. The normalized spacial score (nSPS) is 11.7. The van der Waals surface area contributed by atoms with E-state index in [1.807, 2.05) is 91.9 Å². The van der Waals surface area contributed by atoms with Gasteiger partial charge in [-0.3, -0.25) is 0 Å². The molecule has 3 aromatic carbocycles. The molecular weight excluding hydrogens is 495 g/mol. The second-order valence-electron chi connectivity index (χ2n) is 8.97. The van der Waals surface area contributed by atoms with Crippen LogP contribution in [0.2, 0.25) is 5.02 Å². The van der Waals surface area contributed by atoms with Crippen LogP contribution in [0.25, 0.3) is 16.9 Å². The van der Waals surface area contributed by atoms with Crippen molar-refractivity contribution in [2.24, 2.45) is 0 Å². The number of urea groups is 1. The molecule has 0 unspecified atom stereocenters. The molecule has 0 bridgehead atoms. The van der Waals surface area contributed by atoms with Gasteiger partial charge in [-0.1, -0.05) is 84.4 Å². The lowest BCUT2D eigenvalue weighted by Crippen LogP contribution is -2.36. The number of carbonyl (C=O) groups excluding carboxylic acids is 1. The summed E-state index contributed by atoms with van der Waals surface area (Å²) >= 11 is 6.42. The molecule has 0 fully saturated rings. The lowest BCUT2D eigenvalue weighted by molar-refractivity contribution is 0.237. The molecule has 9 heteroatoms. The number of nitrogens with zero attached hydrogens (tertiary/aromatic N) is 3. The molecule has 5 aromatic rings. The van der Waals surface area contributed by atoms with Crippen LogP contribution in [0.3, 0.4) is 0 Å². The van der Waals surface area contributed by atoms with Crippen molar-refractivity contribution in [3.8, 4) is 11.3 Å². The lowest BCUT2D eigenvalue weighted by atomic mass is 10.0. The second kappa shape index (κ2) is 11.4. The zero-order chi connectivity index (χ0) is 26.5. The molecule has 7 nitrogen and oxygen atoms in total. The summed E-state index contributed by atoms with van der Waals surface area (Å²) in [6, 6.07) is 27.1. The number of benzene rings is 3. The molecule has 1 atom stereocenters. The molecule has 188 valence electrons. The summed E-state index contributed by atoms with van der Waals surface area (Å²) in [6.07, 6.45) is 1.59. The van der Waals surface area contributed by atoms with E-state index in [0.717, 1.165) is 28.1 Å². The molecule has 0 aliphatic carbocycles. The highest BCUT2D eigenvalue weighted by Crippen LogP contribution is 2.28. The number of amides is 2. The third kappa shape index (κ3) is 5.81. The predicted molar refractivity (Wildman–Crippen MR) is 153 cm³/mol. The first-order valence-corrected chi connectivity index (χ1v) is 12.7. The number of anilines is 1. The number of carbonyl (C=O) groups is 1. The molecule has 2 radical (unpaired) electrons. The zero-order valence-corrected chi connectivity index (χ0v) is 21.6. The van der Waals surface area contributed by atoms with Crippen molar-refractivity contribution >= 4 is 42.4 Å². The highest BCUT2D eigenvalue weighted by Gasteiger charge is 2.13. The van der Waals surface area contributed by atoms with E-state index < -0.39 is 0 Å². The summed E-state index contributed by atoms with van der Waals surface area (Å²) in [5, 5.41) is 14.3. The fraction of sp³-hybridized carbons (Fsp3) is 0.138. The lowest BCUT2D eigenvalue weighted by Gasteiger charge is -2.15. The SMILES string of the molecule is [B]c1cnn2c(NCc3ccc(CNC(=O)N[C@H](C)c4ccccc4)cc3)cc(-c3ccccc3Cl)nc12. The van der Waals surface area contributed by atoms with Crippen LogP contribution in [0.5, 0.6) is 0 Å². The van der Waals surface area contributed by atoms with Crippen molar-refractivity contribution in [3.05, 3.63) is 113 Å². The summed E-state index contributed by atoms with van der Waals surface area (Å²) in [5.41, 5.74) is 5.71. The standard InChI is InChI=1S/C29H26BClN6O/c1-19(22-7-3-2-4-8-22)35-29(38)33-17-21-13-11-20(12-14-21)16-32-27-15-26(23-9-5-6-10-25(23)31)36-28-24(30)18-34-37(27)28/h2-15,18-19,32H,16-17H2,1H3,(H2,33,35,38)/t19-/m1/s1. The van der Waals surface area contributed by atoms with Gasteiger partial charge in [0, 0.05) is 35.9 Å². The maximum Gasteiger partial charge on any atom is 0.315 e. The zero-order valence-electron chi connectivity index (χ0n) is 20.9. The van der Waals surface area contributed by atoms with Crippen molar-refractivity contribution < 1.29 is 4.79 Å². The fourth-order valence-electron chi connectivity index (χ4n) is 4.14. The minimum absolute atomic E-state index is 0.0760. The van der Waals surface area contributed by atoms with Gasteiger partial charge in [0.1, 0.15) is 13.7 Å². The van der Waals surface area contributed by atoms with Crippen LogP contribution in [0, 0.1) is 0 Å². The number of hydrogen-bond acceptors (Lipinski definition) is 4. The van der Waals surface area contributed by atoms with Crippen molar-refractivity contribution in [1.29, 1.82) is 0 Å². The first-order chi connectivity index (χ1) is 18.5. The van der Waals surface area contributed by atoms with Crippen LogP contribution >= 0.6 is 11.6 Å². The minimum atomic E-state index is -0.207. The molecule has 3 N–H and O–H groups in total. The molecule has 38 heavy (non-hydrogen) atoms. The first-order valence-electron chi connectivity index (χ1n) is 12.3. The van der Waals surface area contributed by atoms with Gasteiger partial charge in [-0.2, -0.15) is 9.61 Å². The Morgan fingerprint density at radius 1 is 0.974 bits per heavy atom. The van der Waals surface area contributed by atoms with E-state index in [2.05, 4.69) is 26.0 Å². The third-order valence-electron chi connectivity index (χ3n) is 6.25. The van der Waals surface area contributed by atoms with Crippen molar-refractivity contribution in [2.75, 3.05) is 5.32 Å². The summed E-state index contributed by atoms with van der Waals surface area (Å²) in [4.78, 5) is 17.0. The van der Waals surface area contributed by atoms with Gasteiger partial charge in [0.25, 0.3) is 0 Å². The van der Waals surface area contributed by atoms with Crippen LogP contribution in [0.4, 0.5) is 10.6 Å². The monoisotopic (exact) mass is 520 g/mol. The number of hydrogen-bond donors (Lipinski definition) is 3. The average Bonchev–Trinajstić information content (AvgIpc) is 3.32. The maximum atomic E-state index is 12.3. The predicted octanol–water partition coefficient (Wildman–Crippen LogP) is 5.02. The smallest absolute Gasteiger partial charge is 0.315 e. The molecule has 2 amide bonds. The average molecular weight is 521 g/mol. The van der Waals surface area contributed by atoms with Crippen LogP contribution in [-0.4, -0.2) is 28.5 Å². The second-order valence-corrected chi connectivity index (χ2v) is 9.38. The largest absolute Gasteiger partial charge is 0.366 e. The minimum Gasteiger partial charge on any atom is -0.366 e. The van der Waals surface area contributed by atoms with Gasteiger partial charge in [-0.05, 0) is 35.1 Å². The molecule has 0 saturated heterocycles. The number of nitrogens with one attached hydrogen (secondary N) is 3. The van der Waals surface area contributed by atoms with E-state index >= 15 is 0 Å². The summed E-state index contributed by atoms with van der Waals surface area (Å²) in [7, 11) is 6.12. The number of fused-ring (bicyclic) bond motifs is 1. The van der Waals surface area contributed by atoms with E-state index in [1.165, 1.54) is 0 Å². The van der Waals surface area contributed by atoms with E-state index in [9.17, 15) is 4.79 Å². The molecule has 5 rings (SSSR count). The van der Waals surface area contributed by atoms with Crippen molar-refractivity contribution in [2.45, 2.75) is 26.1 Å². The van der Waals surface area contributed by atoms with Gasteiger partial charge < -0.3 is 16.0 Å². The Hall–Kier alpha value is -4.30. The van der Waals surface area contributed by atoms with Crippen LogP contribution < -0.4 is 21.4 Å². The fourth-order valence-corrected chi connectivity index (χ4v) is 4.37. The van der Waals surface area contributed by atoms with Crippen LogP contribution in [0.15, 0.2) is 91.1 Å². The quantitative estimate of drug-likeness (QED) is 0.251. The molecular formula is C29H26BClN6O. The van der Waals surface area contributed by atoms with Crippen molar-refractivity contribution in [1.82, 2.24) is 25.2 Å². The molecule has 0 spiro atoms. The van der Waals surface area contributed by atoms with E-state index in [4.69, 9.17) is 19.4 Å². The van der Waals surface area contributed by atoms with E-state index in [-0.39, 0.29) is 12.1 Å². The van der Waals surface area contributed by atoms with Gasteiger partial charge >= 0.3 is 6.03 Å².